The molecule has 12 heteroatoms. The molecule has 1 heterocycles. The first-order valence-electron chi connectivity index (χ1n) is 7.06. The number of alkyl halides is 3. The second-order valence-corrected chi connectivity index (χ2v) is 8.65. The maximum atomic E-state index is 11.8. The van der Waals surface area contributed by atoms with Gasteiger partial charge in [0.05, 0.1) is 11.3 Å². The van der Waals surface area contributed by atoms with Crippen molar-refractivity contribution in [2.45, 2.75) is 26.4 Å². The van der Waals surface area contributed by atoms with Gasteiger partial charge in [-0.15, -0.1) is 11.3 Å². The minimum atomic E-state index is -5.08. The van der Waals surface area contributed by atoms with E-state index in [9.17, 15) is 22.8 Å². The van der Waals surface area contributed by atoms with Gasteiger partial charge in [0.15, 0.2) is 0 Å². The number of hydrogen-bond donors (Lipinski definition) is 3. The van der Waals surface area contributed by atoms with Crippen LogP contribution < -0.4 is 5.32 Å². The lowest BCUT2D eigenvalue weighted by Gasteiger charge is -2.02. The lowest BCUT2D eigenvalue weighted by molar-refractivity contribution is -0.192. The highest BCUT2D eigenvalue weighted by Crippen LogP contribution is 2.22. The van der Waals surface area contributed by atoms with Crippen molar-refractivity contribution in [3.63, 3.8) is 0 Å². The van der Waals surface area contributed by atoms with E-state index in [-0.39, 0.29) is 12.3 Å². The molecule has 6 nitrogen and oxygen atoms in total. The molecule has 148 valence electrons. The van der Waals surface area contributed by atoms with Crippen molar-refractivity contribution in [2.24, 2.45) is 0 Å². The van der Waals surface area contributed by atoms with Crippen LogP contribution in [0.1, 0.15) is 26.5 Å². The zero-order chi connectivity index (χ0) is 20.3. The lowest BCUT2D eigenvalue weighted by atomic mass is 10.3. The van der Waals surface area contributed by atoms with Crippen LogP contribution in [0, 0.1) is 13.8 Å². The third-order valence-corrected chi connectivity index (χ3v) is 6.15. The molecule has 0 atom stereocenters. The fourth-order valence-corrected chi connectivity index (χ4v) is 4.06. The molecule has 0 saturated carbocycles. The van der Waals surface area contributed by atoms with Crippen molar-refractivity contribution in [3.8, 4) is 0 Å². The summed E-state index contributed by atoms with van der Waals surface area (Å²) in [5, 5.41) is 18.4. The number of amides is 1. The average molecular weight is 433 g/mol. The summed E-state index contributed by atoms with van der Waals surface area (Å²) in [6, 6.07) is 1.91. The fraction of sp³-hybridized carbons (Fsp3) is 0.500. The van der Waals surface area contributed by atoms with E-state index in [4.69, 9.17) is 15.0 Å². The van der Waals surface area contributed by atoms with E-state index in [0.29, 0.717) is 12.3 Å². The van der Waals surface area contributed by atoms with E-state index in [1.54, 1.807) is 10.8 Å². The molecule has 0 fully saturated rings. The minimum Gasteiger partial charge on any atom is -0.481 e. The van der Waals surface area contributed by atoms with E-state index >= 15 is 0 Å². The smallest absolute Gasteiger partial charge is 0.481 e. The van der Waals surface area contributed by atoms with Crippen molar-refractivity contribution in [1.82, 2.24) is 5.32 Å². The van der Waals surface area contributed by atoms with Crippen molar-refractivity contribution < 1.29 is 37.8 Å². The van der Waals surface area contributed by atoms with Gasteiger partial charge >= 0.3 is 18.1 Å². The Balaban J connectivity index is 0.000000758. The average Bonchev–Trinajstić information content (AvgIpc) is 2.85. The Morgan fingerprint density at radius 1 is 1.15 bits per heavy atom. The zero-order valence-electron chi connectivity index (χ0n) is 13.9. The second-order valence-electron chi connectivity index (χ2n) is 4.70. The summed E-state index contributed by atoms with van der Waals surface area (Å²) in [4.78, 5) is 32.9. The topological polar surface area (TPSA) is 104 Å². The van der Waals surface area contributed by atoms with Crippen LogP contribution >= 0.6 is 32.9 Å². The van der Waals surface area contributed by atoms with Crippen LogP contribution in [-0.4, -0.2) is 52.3 Å². The maximum Gasteiger partial charge on any atom is 0.490 e. The Morgan fingerprint density at radius 3 is 2.12 bits per heavy atom. The molecule has 1 aromatic rings. The van der Waals surface area contributed by atoms with Crippen LogP contribution in [0.3, 0.4) is 0 Å². The van der Waals surface area contributed by atoms with Crippen LogP contribution in [0.15, 0.2) is 6.07 Å². The van der Waals surface area contributed by atoms with Gasteiger partial charge < -0.3 is 15.5 Å². The summed E-state index contributed by atoms with van der Waals surface area (Å²) in [5.41, 5.74) is 1.15. The summed E-state index contributed by atoms with van der Waals surface area (Å²) in [6.07, 6.45) is -4.90. The number of hydrogen-bond acceptors (Lipinski definition) is 6. The predicted molar refractivity (Wildman–Crippen MR) is 97.0 cm³/mol. The molecule has 0 bridgehead atoms. The standard InChI is InChI=1S/C12H17NO3S3.C2HF3O2/c1-8-7-10(19-9(8)2)12(16)13-4-6-18-17-5-3-11(14)15;3-2(4,5)1(6)7/h7H,3-6H2,1-2H3,(H,13,16)(H,14,15);(H,6,7). The molecular formula is C14H18F3NO5S3. The van der Waals surface area contributed by atoms with E-state index in [1.807, 2.05) is 19.9 Å². The summed E-state index contributed by atoms with van der Waals surface area (Å²) in [7, 11) is 3.11. The number of aliphatic carboxylic acids is 2. The van der Waals surface area contributed by atoms with Gasteiger partial charge in [0.2, 0.25) is 0 Å². The van der Waals surface area contributed by atoms with Crippen LogP contribution in [-0.2, 0) is 9.59 Å². The summed E-state index contributed by atoms with van der Waals surface area (Å²) < 4.78 is 31.7. The molecule has 1 rings (SSSR count). The summed E-state index contributed by atoms with van der Waals surface area (Å²) in [5.74, 6) is -2.19. The summed E-state index contributed by atoms with van der Waals surface area (Å²) in [6.45, 7) is 4.60. The van der Waals surface area contributed by atoms with Gasteiger partial charge in [-0.1, -0.05) is 21.6 Å². The highest BCUT2D eigenvalue weighted by Gasteiger charge is 2.38. The number of carboxylic acids is 2. The molecule has 0 unspecified atom stereocenters. The van der Waals surface area contributed by atoms with Crippen molar-refractivity contribution in [3.05, 3.63) is 21.4 Å². The van der Waals surface area contributed by atoms with Gasteiger partial charge in [0, 0.05) is 22.9 Å². The Bertz CT molecular complexity index is 600. The largest absolute Gasteiger partial charge is 0.490 e. The third kappa shape index (κ3) is 11.3. The Kier molecular flexibility index (Phi) is 11.4. The Hall–Kier alpha value is -1.40. The molecule has 0 aliphatic carbocycles. The fourth-order valence-electron chi connectivity index (χ4n) is 1.23. The SMILES string of the molecule is Cc1cc(C(=O)NCCSSCCC(=O)O)sc1C.O=C(O)C(F)(F)F. The lowest BCUT2D eigenvalue weighted by Crippen LogP contribution is -2.24. The molecule has 0 aliphatic heterocycles. The zero-order valence-corrected chi connectivity index (χ0v) is 16.3. The first kappa shape index (κ1) is 24.6. The molecule has 1 aromatic heterocycles. The van der Waals surface area contributed by atoms with E-state index < -0.39 is 18.1 Å². The van der Waals surface area contributed by atoms with Crippen molar-refractivity contribution >= 4 is 50.8 Å². The Morgan fingerprint density at radius 2 is 1.69 bits per heavy atom. The Labute approximate surface area is 159 Å². The number of thiophene rings is 1. The van der Waals surface area contributed by atoms with Gasteiger partial charge in [-0.2, -0.15) is 13.2 Å². The highest BCUT2D eigenvalue weighted by atomic mass is 33.1. The normalized spacial score (nSPS) is 10.7. The van der Waals surface area contributed by atoms with Gasteiger partial charge in [0.25, 0.3) is 5.91 Å². The van der Waals surface area contributed by atoms with Crippen LogP contribution in [0.5, 0.6) is 0 Å². The van der Waals surface area contributed by atoms with Gasteiger partial charge in [-0.25, -0.2) is 4.79 Å². The monoisotopic (exact) mass is 433 g/mol. The number of aryl methyl sites for hydroxylation is 2. The van der Waals surface area contributed by atoms with Crippen LogP contribution in [0.4, 0.5) is 13.2 Å². The number of carboxylic acid groups (broad SMARTS) is 2. The minimum absolute atomic E-state index is 0.0302. The molecule has 0 aliphatic rings. The van der Waals surface area contributed by atoms with Crippen molar-refractivity contribution in [2.75, 3.05) is 18.1 Å². The number of halogens is 3. The predicted octanol–water partition coefficient (Wildman–Crippen LogP) is 3.58. The molecular weight excluding hydrogens is 415 g/mol. The van der Waals surface area contributed by atoms with Crippen molar-refractivity contribution in [1.29, 1.82) is 0 Å². The number of nitrogens with one attached hydrogen (secondary N) is 1. The molecule has 26 heavy (non-hydrogen) atoms. The molecule has 1 amide bonds. The third-order valence-electron chi connectivity index (χ3n) is 2.59. The number of carbonyl (C=O) groups excluding carboxylic acids is 1. The first-order chi connectivity index (χ1) is 11.9. The molecule has 3 N–H and O–H groups in total. The van der Waals surface area contributed by atoms with Gasteiger partial charge in [0.1, 0.15) is 0 Å². The molecule has 0 radical (unpaired) electrons. The van der Waals surface area contributed by atoms with Gasteiger partial charge in [-0.05, 0) is 25.5 Å². The number of rotatable bonds is 8. The second kappa shape index (κ2) is 12.1. The van der Waals surface area contributed by atoms with Crippen LogP contribution in [0.25, 0.3) is 0 Å². The maximum absolute atomic E-state index is 11.8. The highest BCUT2D eigenvalue weighted by molar-refractivity contribution is 8.76. The first-order valence-corrected chi connectivity index (χ1v) is 10.4. The van der Waals surface area contributed by atoms with E-state index in [2.05, 4.69) is 5.32 Å². The number of carbonyl (C=O) groups is 3. The molecule has 0 spiro atoms. The van der Waals surface area contributed by atoms with E-state index in [0.717, 1.165) is 16.2 Å². The summed E-state index contributed by atoms with van der Waals surface area (Å²) >= 11 is 1.51. The quantitative estimate of drug-likeness (QED) is 0.425. The van der Waals surface area contributed by atoms with Crippen LogP contribution in [0.2, 0.25) is 0 Å². The molecule has 0 saturated heterocycles. The molecule has 0 aromatic carbocycles. The van der Waals surface area contributed by atoms with E-state index in [1.165, 1.54) is 27.0 Å². The van der Waals surface area contributed by atoms with Gasteiger partial charge in [-0.3, -0.25) is 9.59 Å².